The summed E-state index contributed by atoms with van der Waals surface area (Å²) in [5, 5.41) is 14.2. The first-order chi connectivity index (χ1) is 15.8. The Kier molecular flexibility index (Phi) is 4.87. The second-order valence-electron chi connectivity index (χ2n) is 8.56. The first-order valence-corrected chi connectivity index (χ1v) is 10.5. The molecule has 1 fully saturated rings. The molecule has 2 aromatic heterocycles. The number of fused-ring (bicyclic) bond motifs is 5. The van der Waals surface area contributed by atoms with Crippen LogP contribution in [0.4, 0.5) is 10.2 Å². The molecule has 2 aliphatic rings. The first kappa shape index (κ1) is 21.0. The summed E-state index contributed by atoms with van der Waals surface area (Å²) < 4.78 is 34.4. The van der Waals surface area contributed by atoms with Gasteiger partial charge in [-0.2, -0.15) is 5.26 Å². The summed E-state index contributed by atoms with van der Waals surface area (Å²) in [6.07, 6.45) is 0.962. The van der Waals surface area contributed by atoms with Crippen molar-refractivity contribution in [2.75, 3.05) is 32.5 Å². The minimum atomic E-state index is -0.674. The van der Waals surface area contributed by atoms with Crippen molar-refractivity contribution in [1.29, 1.82) is 5.26 Å². The highest BCUT2D eigenvalue weighted by molar-refractivity contribution is 5.75. The van der Waals surface area contributed by atoms with Crippen LogP contribution in [0, 0.1) is 17.1 Å². The van der Waals surface area contributed by atoms with Gasteiger partial charge in [0.2, 0.25) is 5.88 Å². The van der Waals surface area contributed by atoms with E-state index in [0.29, 0.717) is 47.0 Å². The van der Waals surface area contributed by atoms with Gasteiger partial charge in [-0.1, -0.05) is 0 Å². The lowest BCUT2D eigenvalue weighted by Gasteiger charge is -2.47. The van der Waals surface area contributed by atoms with E-state index in [4.69, 9.17) is 19.9 Å². The molecule has 1 spiro atoms. The fourth-order valence-electron chi connectivity index (χ4n) is 4.41. The molecule has 1 saturated heterocycles. The van der Waals surface area contributed by atoms with Gasteiger partial charge < -0.3 is 19.9 Å². The molecule has 0 unspecified atom stereocenters. The molecule has 1 atom stereocenters. The average Bonchev–Trinajstić information content (AvgIpc) is 3.08. The highest BCUT2D eigenvalue weighted by Crippen LogP contribution is 2.40. The van der Waals surface area contributed by atoms with E-state index in [1.54, 1.807) is 32.3 Å². The number of benzene rings is 1. The van der Waals surface area contributed by atoms with E-state index in [1.165, 1.54) is 16.8 Å². The second-order valence-corrected chi connectivity index (χ2v) is 8.56. The lowest BCUT2D eigenvalue weighted by molar-refractivity contribution is -0.0917. The number of ether oxygens (including phenoxy) is 3. The SMILES string of the molecule is C[C@H]1Oc2cc(cnc2N)-c2c(nn(C)c2C#N)OCC2(CN(C)C2)Oc2ccc(F)cc21. The van der Waals surface area contributed by atoms with Crippen molar-refractivity contribution in [3.05, 3.63) is 47.5 Å². The summed E-state index contributed by atoms with van der Waals surface area (Å²) in [5.74, 6) is 0.855. The number of hydrogen-bond acceptors (Lipinski definition) is 8. The van der Waals surface area contributed by atoms with Crippen molar-refractivity contribution >= 4 is 5.82 Å². The molecule has 1 aromatic carbocycles. The number of hydrogen-bond donors (Lipinski definition) is 1. The summed E-state index contributed by atoms with van der Waals surface area (Å²) in [7, 11) is 3.66. The molecule has 3 aromatic rings. The molecule has 9 nitrogen and oxygen atoms in total. The molecule has 2 aliphatic heterocycles. The van der Waals surface area contributed by atoms with Crippen LogP contribution in [-0.2, 0) is 7.05 Å². The van der Waals surface area contributed by atoms with Crippen molar-refractivity contribution in [2.24, 2.45) is 7.05 Å². The zero-order chi connectivity index (χ0) is 23.3. The number of halogens is 1. The van der Waals surface area contributed by atoms with Crippen molar-refractivity contribution in [3.8, 4) is 34.6 Å². The number of nitrogen functional groups attached to an aromatic ring is 1. The van der Waals surface area contributed by atoms with Crippen LogP contribution in [-0.4, -0.2) is 52.0 Å². The molecule has 0 radical (unpaired) electrons. The van der Waals surface area contributed by atoms with Gasteiger partial charge >= 0.3 is 0 Å². The Balaban J connectivity index is 1.68. The number of nitrogens with zero attached hydrogens (tertiary/aromatic N) is 5. The average molecular weight is 450 g/mol. The number of pyridine rings is 1. The molecular weight excluding hydrogens is 427 g/mol. The fourth-order valence-corrected chi connectivity index (χ4v) is 4.41. The summed E-state index contributed by atoms with van der Waals surface area (Å²) in [5.41, 5.74) is 7.33. The summed E-state index contributed by atoms with van der Waals surface area (Å²) >= 11 is 0. The molecule has 170 valence electrons. The van der Waals surface area contributed by atoms with Crippen LogP contribution in [0.15, 0.2) is 30.5 Å². The van der Waals surface area contributed by atoms with E-state index < -0.39 is 17.5 Å². The maximum absolute atomic E-state index is 14.2. The van der Waals surface area contributed by atoms with Crippen LogP contribution < -0.4 is 19.9 Å². The maximum Gasteiger partial charge on any atom is 0.242 e. The molecule has 0 aliphatic carbocycles. The maximum atomic E-state index is 14.2. The van der Waals surface area contributed by atoms with Crippen molar-refractivity contribution in [2.45, 2.75) is 18.6 Å². The van der Waals surface area contributed by atoms with Gasteiger partial charge in [-0.25, -0.2) is 9.37 Å². The molecule has 10 heteroatoms. The normalized spacial score (nSPS) is 19.2. The van der Waals surface area contributed by atoms with Crippen LogP contribution in [0.3, 0.4) is 0 Å². The van der Waals surface area contributed by atoms with Gasteiger partial charge in [-0.05, 0) is 38.2 Å². The van der Waals surface area contributed by atoms with Gasteiger partial charge in [0.25, 0.3) is 0 Å². The topological polar surface area (TPSA) is 111 Å². The van der Waals surface area contributed by atoms with E-state index in [-0.39, 0.29) is 18.3 Å². The Morgan fingerprint density at radius 1 is 1.24 bits per heavy atom. The van der Waals surface area contributed by atoms with Gasteiger partial charge in [-0.3, -0.25) is 9.58 Å². The highest BCUT2D eigenvalue weighted by Gasteiger charge is 2.46. The van der Waals surface area contributed by atoms with Crippen molar-refractivity contribution < 1.29 is 18.6 Å². The molecule has 5 rings (SSSR count). The number of aryl methyl sites for hydroxylation is 1. The third-order valence-electron chi connectivity index (χ3n) is 5.92. The lowest BCUT2D eigenvalue weighted by Crippen LogP contribution is -2.66. The Morgan fingerprint density at radius 2 is 2.03 bits per heavy atom. The molecule has 2 N–H and O–H groups in total. The molecule has 33 heavy (non-hydrogen) atoms. The zero-order valence-corrected chi connectivity index (χ0v) is 18.5. The number of likely N-dealkylation sites (tertiary alicyclic amines) is 1. The number of aromatic nitrogens is 3. The second kappa shape index (κ2) is 7.64. The van der Waals surface area contributed by atoms with E-state index in [1.807, 2.05) is 7.05 Å². The summed E-state index contributed by atoms with van der Waals surface area (Å²) in [6, 6.07) is 8.22. The van der Waals surface area contributed by atoms with Crippen LogP contribution in [0.25, 0.3) is 11.1 Å². The number of nitrogens with two attached hydrogens (primary N) is 1. The fraction of sp³-hybridized carbons (Fsp3) is 0.348. The van der Waals surface area contributed by atoms with Crippen LogP contribution in [0.2, 0.25) is 0 Å². The van der Waals surface area contributed by atoms with Crippen LogP contribution >= 0.6 is 0 Å². The number of nitriles is 1. The molecule has 2 bridgehead atoms. The predicted octanol–water partition coefficient (Wildman–Crippen LogP) is 2.67. The highest BCUT2D eigenvalue weighted by atomic mass is 19.1. The van der Waals surface area contributed by atoms with E-state index >= 15 is 0 Å². The van der Waals surface area contributed by atoms with E-state index in [2.05, 4.69) is 21.1 Å². The third-order valence-corrected chi connectivity index (χ3v) is 5.92. The zero-order valence-electron chi connectivity index (χ0n) is 18.5. The minimum absolute atomic E-state index is 0.168. The Labute approximate surface area is 190 Å². The third kappa shape index (κ3) is 3.60. The summed E-state index contributed by atoms with van der Waals surface area (Å²) in [4.78, 5) is 6.34. The van der Waals surface area contributed by atoms with Gasteiger partial charge in [0.05, 0.1) is 5.56 Å². The van der Waals surface area contributed by atoms with E-state index in [9.17, 15) is 9.65 Å². The van der Waals surface area contributed by atoms with Crippen molar-refractivity contribution in [3.63, 3.8) is 0 Å². The molecule has 4 heterocycles. The van der Waals surface area contributed by atoms with Gasteiger partial charge in [0.15, 0.2) is 17.2 Å². The Hall–Kier alpha value is -3.84. The van der Waals surface area contributed by atoms with Gasteiger partial charge in [0.1, 0.15) is 36.0 Å². The van der Waals surface area contributed by atoms with Crippen LogP contribution in [0.1, 0.15) is 24.3 Å². The molecular formula is C23H23FN6O3. The largest absolute Gasteiger partial charge is 0.482 e. The monoisotopic (exact) mass is 450 g/mol. The summed E-state index contributed by atoms with van der Waals surface area (Å²) in [6.45, 7) is 3.19. The quantitative estimate of drug-likeness (QED) is 0.557. The molecule has 0 amide bonds. The number of anilines is 1. The number of rotatable bonds is 0. The number of likely N-dealkylation sites (N-methyl/N-ethyl adjacent to an activating group) is 1. The smallest absolute Gasteiger partial charge is 0.242 e. The van der Waals surface area contributed by atoms with Gasteiger partial charge in [-0.15, -0.1) is 5.10 Å². The predicted molar refractivity (Wildman–Crippen MR) is 117 cm³/mol. The van der Waals surface area contributed by atoms with Crippen molar-refractivity contribution in [1.82, 2.24) is 19.7 Å². The van der Waals surface area contributed by atoms with Gasteiger partial charge in [0, 0.05) is 37.5 Å². The standard InChI is InChI=1S/C23H23FN6O3/c1-13-16-7-15(24)4-5-18(16)33-23(10-29(2)11-23)12-31-22-20(17(8-25)30(3)28-22)14-6-19(32-13)21(26)27-9-14/h4-7,9,13H,10-12H2,1-3H3,(H2,26,27)/t13-/m1/s1. The first-order valence-electron chi connectivity index (χ1n) is 10.5. The lowest BCUT2D eigenvalue weighted by atomic mass is 9.95. The van der Waals surface area contributed by atoms with Crippen LogP contribution in [0.5, 0.6) is 17.4 Å². The Bertz CT molecular complexity index is 1280. The van der Waals surface area contributed by atoms with E-state index in [0.717, 1.165) is 0 Å². The molecule has 0 saturated carbocycles. The minimum Gasteiger partial charge on any atom is -0.482 e. The Morgan fingerprint density at radius 3 is 2.76 bits per heavy atom.